The topological polar surface area (TPSA) is 98.1 Å². The number of anilines is 2. The van der Waals surface area contributed by atoms with Gasteiger partial charge < -0.3 is 15.4 Å². The number of amides is 2. The zero-order chi connectivity index (χ0) is 21.7. The second-order valence-corrected chi connectivity index (χ2v) is 6.95. The van der Waals surface area contributed by atoms with E-state index in [0.717, 1.165) is 17.7 Å². The van der Waals surface area contributed by atoms with Crippen molar-refractivity contribution in [1.82, 2.24) is 15.0 Å². The van der Waals surface area contributed by atoms with Crippen molar-refractivity contribution in [2.24, 2.45) is 0 Å². The van der Waals surface area contributed by atoms with Gasteiger partial charge in [0.15, 0.2) is 5.69 Å². The van der Waals surface area contributed by atoms with Gasteiger partial charge in [-0.3, -0.25) is 9.59 Å². The maximum Gasteiger partial charge on any atom is 0.278 e. The Hall–Kier alpha value is -3.39. The average Bonchev–Trinajstić information content (AvgIpc) is 3.08. The SMILES string of the molecule is CCc1ccccc1NC(=O)c1nnn(CC(=O)Nc2ccc(OC)c(Cl)c2)c1C. The fraction of sp³-hybridized carbons (Fsp3) is 0.238. The summed E-state index contributed by atoms with van der Waals surface area (Å²) in [6, 6.07) is 12.5. The Morgan fingerprint density at radius 2 is 1.93 bits per heavy atom. The molecule has 0 aliphatic rings. The van der Waals surface area contributed by atoms with E-state index in [9.17, 15) is 9.59 Å². The summed E-state index contributed by atoms with van der Waals surface area (Å²) in [6.45, 7) is 3.61. The summed E-state index contributed by atoms with van der Waals surface area (Å²) in [4.78, 5) is 25.0. The minimum Gasteiger partial charge on any atom is -0.495 e. The summed E-state index contributed by atoms with van der Waals surface area (Å²) >= 11 is 6.08. The molecule has 0 saturated heterocycles. The smallest absolute Gasteiger partial charge is 0.278 e. The number of carbonyl (C=O) groups excluding carboxylic acids is 2. The first kappa shape index (κ1) is 21.3. The predicted octanol–water partition coefficient (Wildman–Crippen LogP) is 3.70. The predicted molar refractivity (Wildman–Crippen MR) is 115 cm³/mol. The minimum atomic E-state index is -0.373. The van der Waals surface area contributed by atoms with Gasteiger partial charge >= 0.3 is 0 Å². The molecule has 2 amide bonds. The molecule has 0 atom stereocenters. The third kappa shape index (κ3) is 4.77. The highest BCUT2D eigenvalue weighted by atomic mass is 35.5. The fourth-order valence-corrected chi connectivity index (χ4v) is 3.19. The van der Waals surface area contributed by atoms with Crippen LogP contribution >= 0.6 is 11.6 Å². The van der Waals surface area contributed by atoms with Crippen molar-refractivity contribution in [3.63, 3.8) is 0 Å². The number of halogens is 1. The van der Waals surface area contributed by atoms with E-state index in [2.05, 4.69) is 20.9 Å². The van der Waals surface area contributed by atoms with Crippen LogP contribution in [0.2, 0.25) is 5.02 Å². The number of methoxy groups -OCH3 is 1. The Labute approximate surface area is 179 Å². The number of carbonyl (C=O) groups is 2. The van der Waals surface area contributed by atoms with Gasteiger partial charge in [-0.25, -0.2) is 4.68 Å². The zero-order valence-corrected chi connectivity index (χ0v) is 17.7. The highest BCUT2D eigenvalue weighted by molar-refractivity contribution is 6.32. The van der Waals surface area contributed by atoms with Gasteiger partial charge in [0.2, 0.25) is 5.91 Å². The van der Waals surface area contributed by atoms with E-state index in [0.29, 0.717) is 22.2 Å². The monoisotopic (exact) mass is 427 g/mol. The van der Waals surface area contributed by atoms with Crippen LogP contribution in [0.25, 0.3) is 0 Å². The molecule has 0 bridgehead atoms. The van der Waals surface area contributed by atoms with Crippen molar-refractivity contribution in [2.45, 2.75) is 26.8 Å². The Balaban J connectivity index is 1.68. The molecule has 30 heavy (non-hydrogen) atoms. The molecule has 0 aliphatic carbocycles. The third-order valence-corrected chi connectivity index (χ3v) is 4.87. The molecule has 2 aromatic carbocycles. The number of aryl methyl sites for hydroxylation is 1. The molecule has 0 aliphatic heterocycles. The van der Waals surface area contributed by atoms with Gasteiger partial charge in [0, 0.05) is 11.4 Å². The average molecular weight is 428 g/mol. The van der Waals surface area contributed by atoms with Gasteiger partial charge in [-0.2, -0.15) is 0 Å². The minimum absolute atomic E-state index is 0.0959. The highest BCUT2D eigenvalue weighted by Gasteiger charge is 2.19. The molecule has 0 spiro atoms. The number of nitrogens with one attached hydrogen (secondary N) is 2. The zero-order valence-electron chi connectivity index (χ0n) is 16.9. The number of hydrogen-bond donors (Lipinski definition) is 2. The molecular weight excluding hydrogens is 406 g/mol. The molecule has 3 aromatic rings. The van der Waals surface area contributed by atoms with Crippen molar-refractivity contribution in [3.05, 3.63) is 64.4 Å². The first-order valence-corrected chi connectivity index (χ1v) is 9.73. The Bertz CT molecular complexity index is 1080. The van der Waals surface area contributed by atoms with Crippen molar-refractivity contribution in [3.8, 4) is 5.75 Å². The lowest BCUT2D eigenvalue weighted by molar-refractivity contribution is -0.117. The third-order valence-electron chi connectivity index (χ3n) is 4.57. The second-order valence-electron chi connectivity index (χ2n) is 6.54. The largest absolute Gasteiger partial charge is 0.495 e. The molecular formula is C21H22ClN5O3. The quantitative estimate of drug-likeness (QED) is 0.599. The van der Waals surface area contributed by atoms with E-state index in [1.54, 1.807) is 25.1 Å². The van der Waals surface area contributed by atoms with Crippen molar-refractivity contribution in [1.29, 1.82) is 0 Å². The van der Waals surface area contributed by atoms with E-state index < -0.39 is 0 Å². The molecule has 0 radical (unpaired) electrons. The van der Waals surface area contributed by atoms with Crippen LogP contribution in [-0.2, 0) is 17.8 Å². The molecule has 0 fully saturated rings. The molecule has 9 heteroatoms. The Kier molecular flexibility index (Phi) is 6.68. The lowest BCUT2D eigenvalue weighted by atomic mass is 10.1. The number of ether oxygens (including phenoxy) is 1. The number of para-hydroxylation sites is 1. The van der Waals surface area contributed by atoms with E-state index in [4.69, 9.17) is 16.3 Å². The van der Waals surface area contributed by atoms with Crippen molar-refractivity contribution >= 4 is 34.8 Å². The van der Waals surface area contributed by atoms with E-state index in [1.807, 2.05) is 31.2 Å². The van der Waals surface area contributed by atoms with Gasteiger partial charge in [0.05, 0.1) is 17.8 Å². The van der Waals surface area contributed by atoms with Gasteiger partial charge in [-0.05, 0) is 43.2 Å². The van der Waals surface area contributed by atoms with E-state index >= 15 is 0 Å². The van der Waals surface area contributed by atoms with Crippen LogP contribution in [-0.4, -0.2) is 33.9 Å². The highest BCUT2D eigenvalue weighted by Crippen LogP contribution is 2.27. The van der Waals surface area contributed by atoms with Gasteiger partial charge in [-0.1, -0.05) is 41.9 Å². The summed E-state index contributed by atoms with van der Waals surface area (Å²) in [5.74, 6) is -0.184. The van der Waals surface area contributed by atoms with Crippen molar-refractivity contribution in [2.75, 3.05) is 17.7 Å². The molecule has 8 nitrogen and oxygen atoms in total. The molecule has 2 N–H and O–H groups in total. The normalized spacial score (nSPS) is 10.5. The molecule has 1 aromatic heterocycles. The van der Waals surface area contributed by atoms with Crippen LogP contribution in [0, 0.1) is 6.92 Å². The van der Waals surface area contributed by atoms with Gasteiger partial charge in [0.25, 0.3) is 5.91 Å². The van der Waals surface area contributed by atoms with Gasteiger partial charge in [0.1, 0.15) is 12.3 Å². The van der Waals surface area contributed by atoms with Crippen molar-refractivity contribution < 1.29 is 14.3 Å². The van der Waals surface area contributed by atoms with Crippen LogP contribution in [0.1, 0.15) is 28.7 Å². The lowest BCUT2D eigenvalue weighted by Crippen LogP contribution is -2.21. The Morgan fingerprint density at radius 1 is 1.17 bits per heavy atom. The summed E-state index contributed by atoms with van der Waals surface area (Å²) in [5, 5.41) is 13.9. The summed E-state index contributed by atoms with van der Waals surface area (Å²) in [5.41, 5.74) is 2.94. The summed E-state index contributed by atoms with van der Waals surface area (Å²) < 4.78 is 6.47. The summed E-state index contributed by atoms with van der Waals surface area (Å²) in [6.07, 6.45) is 0.789. The standard InChI is InChI=1S/C21H22ClN5O3/c1-4-14-7-5-6-8-17(14)24-21(29)20-13(2)27(26-25-20)12-19(28)23-15-9-10-18(30-3)16(22)11-15/h5-11H,4,12H2,1-3H3,(H,23,28)(H,24,29). The molecule has 0 unspecified atom stereocenters. The molecule has 156 valence electrons. The maximum atomic E-state index is 12.6. The molecule has 3 rings (SSSR count). The van der Waals surface area contributed by atoms with Crippen LogP contribution in [0.3, 0.4) is 0 Å². The van der Waals surface area contributed by atoms with Crippen LogP contribution in [0.4, 0.5) is 11.4 Å². The number of aromatic nitrogens is 3. The number of benzene rings is 2. The first-order chi connectivity index (χ1) is 14.4. The van der Waals surface area contributed by atoms with Crippen LogP contribution in [0.15, 0.2) is 42.5 Å². The number of rotatable bonds is 7. The lowest BCUT2D eigenvalue weighted by Gasteiger charge is -2.09. The second kappa shape index (κ2) is 9.41. The van der Waals surface area contributed by atoms with E-state index in [-0.39, 0.29) is 24.1 Å². The first-order valence-electron chi connectivity index (χ1n) is 9.35. The van der Waals surface area contributed by atoms with Gasteiger partial charge in [-0.15, -0.1) is 5.10 Å². The molecule has 0 saturated carbocycles. The van der Waals surface area contributed by atoms with Crippen LogP contribution in [0.5, 0.6) is 5.75 Å². The molecule has 1 heterocycles. The Morgan fingerprint density at radius 3 is 2.63 bits per heavy atom. The van der Waals surface area contributed by atoms with E-state index in [1.165, 1.54) is 11.8 Å². The van der Waals surface area contributed by atoms with Crippen LogP contribution < -0.4 is 15.4 Å². The maximum absolute atomic E-state index is 12.6. The fourth-order valence-electron chi connectivity index (χ4n) is 2.93. The summed E-state index contributed by atoms with van der Waals surface area (Å²) in [7, 11) is 1.52. The number of nitrogens with zero attached hydrogens (tertiary/aromatic N) is 3. The number of hydrogen-bond acceptors (Lipinski definition) is 5.